The molecule has 1 saturated carbocycles. The lowest BCUT2D eigenvalue weighted by atomic mass is 10.1. The molecule has 0 aromatic heterocycles. The lowest BCUT2D eigenvalue weighted by molar-refractivity contribution is 0.0696. The lowest BCUT2D eigenvalue weighted by Gasteiger charge is -2.10. The summed E-state index contributed by atoms with van der Waals surface area (Å²) in [5.41, 5.74) is 1.40. The number of carboxylic acids is 1. The van der Waals surface area contributed by atoms with E-state index in [-0.39, 0.29) is 0 Å². The Morgan fingerprint density at radius 2 is 2.00 bits per heavy atom. The van der Waals surface area contributed by atoms with Crippen LogP contribution in [0.5, 0.6) is 0 Å². The zero-order chi connectivity index (χ0) is 11.4. The first-order chi connectivity index (χ1) is 7.77. The zero-order valence-corrected chi connectivity index (χ0v) is 10.0. The summed E-state index contributed by atoms with van der Waals surface area (Å²) in [5, 5.41) is 9.79. The first kappa shape index (κ1) is 11.5. The summed E-state index contributed by atoms with van der Waals surface area (Å²) < 4.78 is 0. The number of thioether (sulfide) groups is 1. The molecule has 0 aliphatic heterocycles. The highest BCUT2D eigenvalue weighted by atomic mass is 32.2. The van der Waals surface area contributed by atoms with E-state index in [9.17, 15) is 4.79 Å². The molecule has 0 spiro atoms. The van der Waals surface area contributed by atoms with Gasteiger partial charge in [0.15, 0.2) is 0 Å². The van der Waals surface area contributed by atoms with Crippen LogP contribution in [0.15, 0.2) is 24.3 Å². The third-order valence-electron chi connectivity index (χ3n) is 3.02. The van der Waals surface area contributed by atoms with Crippen molar-refractivity contribution in [1.29, 1.82) is 0 Å². The lowest BCUT2D eigenvalue weighted by Crippen LogP contribution is -2.02. The third-order valence-corrected chi connectivity index (χ3v) is 4.44. The standard InChI is InChI=1S/C13H16O2S/c14-13(15)12-8-4-1-5-10(12)9-16-11-6-2-3-7-11/h1,4-5,8,11H,2-3,6-7,9H2,(H,14,15). The van der Waals surface area contributed by atoms with Gasteiger partial charge in [0.25, 0.3) is 0 Å². The highest BCUT2D eigenvalue weighted by molar-refractivity contribution is 7.99. The van der Waals surface area contributed by atoms with Crippen LogP contribution in [0.3, 0.4) is 0 Å². The van der Waals surface area contributed by atoms with Gasteiger partial charge in [0.1, 0.15) is 0 Å². The number of hydrogen-bond donors (Lipinski definition) is 1. The van der Waals surface area contributed by atoms with Gasteiger partial charge in [-0.1, -0.05) is 31.0 Å². The molecule has 0 radical (unpaired) electrons. The number of benzene rings is 1. The fourth-order valence-corrected chi connectivity index (χ4v) is 3.45. The second-order valence-electron chi connectivity index (χ2n) is 4.18. The van der Waals surface area contributed by atoms with Crippen molar-refractivity contribution in [2.75, 3.05) is 0 Å². The van der Waals surface area contributed by atoms with Crippen LogP contribution in [0.25, 0.3) is 0 Å². The Morgan fingerprint density at radius 3 is 2.69 bits per heavy atom. The van der Waals surface area contributed by atoms with Crippen molar-refractivity contribution in [3.63, 3.8) is 0 Å². The van der Waals surface area contributed by atoms with Gasteiger partial charge in [-0.3, -0.25) is 0 Å². The number of carbonyl (C=O) groups is 1. The molecule has 16 heavy (non-hydrogen) atoms. The summed E-state index contributed by atoms with van der Waals surface area (Å²) in [4.78, 5) is 11.0. The summed E-state index contributed by atoms with van der Waals surface area (Å²) in [6.07, 6.45) is 5.25. The van der Waals surface area contributed by atoms with E-state index in [0.29, 0.717) is 5.56 Å². The van der Waals surface area contributed by atoms with E-state index in [0.717, 1.165) is 16.6 Å². The summed E-state index contributed by atoms with van der Waals surface area (Å²) in [5.74, 6) is 0.00951. The van der Waals surface area contributed by atoms with Gasteiger partial charge in [-0.15, -0.1) is 0 Å². The monoisotopic (exact) mass is 236 g/mol. The SMILES string of the molecule is O=C(O)c1ccccc1CSC1CCCC1. The van der Waals surface area contributed by atoms with Crippen LogP contribution in [0, 0.1) is 0 Å². The smallest absolute Gasteiger partial charge is 0.335 e. The van der Waals surface area contributed by atoms with Crippen molar-refractivity contribution in [1.82, 2.24) is 0 Å². The Hall–Kier alpha value is -0.960. The Labute approximate surface area is 100 Å². The molecule has 0 saturated heterocycles. The van der Waals surface area contributed by atoms with E-state index in [4.69, 9.17) is 5.11 Å². The maximum absolute atomic E-state index is 11.0. The van der Waals surface area contributed by atoms with E-state index >= 15 is 0 Å². The zero-order valence-electron chi connectivity index (χ0n) is 9.19. The molecule has 1 aliphatic rings. The van der Waals surface area contributed by atoms with Gasteiger partial charge >= 0.3 is 5.97 Å². The van der Waals surface area contributed by atoms with Crippen molar-refractivity contribution in [2.45, 2.75) is 36.7 Å². The molecule has 0 bridgehead atoms. The first-order valence-corrected chi connectivity index (χ1v) is 6.75. The van der Waals surface area contributed by atoms with E-state index < -0.39 is 5.97 Å². The molecule has 1 aromatic carbocycles. The second-order valence-corrected chi connectivity index (χ2v) is 5.47. The second kappa shape index (κ2) is 5.39. The summed E-state index contributed by atoms with van der Waals surface area (Å²) >= 11 is 1.91. The van der Waals surface area contributed by atoms with Gasteiger partial charge in [-0.05, 0) is 24.5 Å². The van der Waals surface area contributed by atoms with Crippen molar-refractivity contribution in [3.05, 3.63) is 35.4 Å². The molecule has 2 rings (SSSR count). The Kier molecular flexibility index (Phi) is 3.88. The van der Waals surface area contributed by atoms with Crippen molar-refractivity contribution in [2.24, 2.45) is 0 Å². The van der Waals surface area contributed by atoms with Gasteiger partial charge in [-0.2, -0.15) is 11.8 Å². The van der Waals surface area contributed by atoms with Crippen LogP contribution in [-0.2, 0) is 5.75 Å². The maximum atomic E-state index is 11.0. The molecule has 2 nitrogen and oxygen atoms in total. The number of rotatable bonds is 4. The topological polar surface area (TPSA) is 37.3 Å². The minimum absolute atomic E-state index is 0.452. The van der Waals surface area contributed by atoms with Crippen molar-refractivity contribution < 1.29 is 9.90 Å². The molecule has 1 aromatic rings. The molecule has 3 heteroatoms. The summed E-state index contributed by atoms with van der Waals surface area (Å²) in [6.45, 7) is 0. The van der Waals surface area contributed by atoms with E-state index in [1.54, 1.807) is 12.1 Å². The molecule has 0 unspecified atom stereocenters. The van der Waals surface area contributed by atoms with E-state index in [2.05, 4.69) is 0 Å². The van der Waals surface area contributed by atoms with Crippen LogP contribution < -0.4 is 0 Å². The maximum Gasteiger partial charge on any atom is 0.335 e. The molecule has 86 valence electrons. The minimum Gasteiger partial charge on any atom is -0.478 e. The van der Waals surface area contributed by atoms with Crippen LogP contribution in [0.1, 0.15) is 41.6 Å². The average molecular weight is 236 g/mol. The number of carboxylic acid groups (broad SMARTS) is 1. The molecule has 0 atom stereocenters. The Balaban J connectivity index is 2.00. The first-order valence-electron chi connectivity index (χ1n) is 5.70. The molecule has 0 amide bonds. The van der Waals surface area contributed by atoms with Crippen LogP contribution >= 0.6 is 11.8 Å². The van der Waals surface area contributed by atoms with Crippen molar-refractivity contribution in [3.8, 4) is 0 Å². The Bertz CT molecular complexity index is 370. The fraction of sp³-hybridized carbons (Fsp3) is 0.462. The average Bonchev–Trinajstić information content (AvgIpc) is 2.79. The highest BCUT2D eigenvalue weighted by Gasteiger charge is 2.16. The van der Waals surface area contributed by atoms with Crippen molar-refractivity contribution >= 4 is 17.7 Å². The van der Waals surface area contributed by atoms with Crippen LogP contribution in [0.2, 0.25) is 0 Å². The van der Waals surface area contributed by atoms with Crippen LogP contribution in [0.4, 0.5) is 0 Å². The van der Waals surface area contributed by atoms with Gasteiger partial charge in [0.05, 0.1) is 5.56 Å². The molecule has 1 aliphatic carbocycles. The molecule has 1 fully saturated rings. The largest absolute Gasteiger partial charge is 0.478 e. The normalized spacial score (nSPS) is 16.5. The summed E-state index contributed by atoms with van der Waals surface area (Å²) in [6, 6.07) is 7.31. The van der Waals surface area contributed by atoms with E-state index in [1.807, 2.05) is 23.9 Å². The number of hydrogen-bond acceptors (Lipinski definition) is 2. The molecule has 0 heterocycles. The predicted octanol–water partition coefficient (Wildman–Crippen LogP) is 3.56. The van der Waals surface area contributed by atoms with E-state index in [1.165, 1.54) is 25.7 Å². The molecular weight excluding hydrogens is 220 g/mol. The minimum atomic E-state index is -0.817. The predicted molar refractivity (Wildman–Crippen MR) is 67.0 cm³/mol. The third kappa shape index (κ3) is 2.79. The van der Waals surface area contributed by atoms with Gasteiger partial charge in [0.2, 0.25) is 0 Å². The van der Waals surface area contributed by atoms with Gasteiger partial charge in [-0.25, -0.2) is 4.79 Å². The summed E-state index contributed by atoms with van der Waals surface area (Å²) in [7, 11) is 0. The Morgan fingerprint density at radius 1 is 1.31 bits per heavy atom. The molecule has 1 N–H and O–H groups in total. The fourth-order valence-electron chi connectivity index (χ4n) is 2.12. The molecular formula is C13H16O2S. The van der Waals surface area contributed by atoms with Gasteiger partial charge < -0.3 is 5.11 Å². The van der Waals surface area contributed by atoms with Gasteiger partial charge in [0, 0.05) is 11.0 Å². The quantitative estimate of drug-likeness (QED) is 0.868. The van der Waals surface area contributed by atoms with Crippen LogP contribution in [-0.4, -0.2) is 16.3 Å². The number of aromatic carboxylic acids is 1. The highest BCUT2D eigenvalue weighted by Crippen LogP contribution is 2.32.